The van der Waals surface area contributed by atoms with Crippen LogP contribution in [0.25, 0.3) is 17.0 Å². The normalized spacial score (nSPS) is 11.6. The molecule has 0 aliphatic rings. The molecule has 2 aromatic heterocycles. The van der Waals surface area contributed by atoms with Crippen LogP contribution in [0, 0.1) is 6.92 Å². The molecule has 0 aliphatic heterocycles. The summed E-state index contributed by atoms with van der Waals surface area (Å²) in [7, 11) is 0. The van der Waals surface area contributed by atoms with E-state index in [-0.39, 0.29) is 5.56 Å². The maximum Gasteiger partial charge on any atom is 0.282 e. The Morgan fingerprint density at radius 2 is 1.92 bits per heavy atom. The molecule has 0 fully saturated rings. The minimum atomic E-state index is -0.214. The van der Waals surface area contributed by atoms with Crippen LogP contribution >= 0.6 is 11.6 Å². The molecule has 0 saturated carbocycles. The number of halogens is 1. The van der Waals surface area contributed by atoms with Gasteiger partial charge in [-0.05, 0) is 43.3 Å². The van der Waals surface area contributed by atoms with Gasteiger partial charge < -0.3 is 4.98 Å². The summed E-state index contributed by atoms with van der Waals surface area (Å²) >= 11 is 5.86. The zero-order valence-electron chi connectivity index (χ0n) is 13.3. The summed E-state index contributed by atoms with van der Waals surface area (Å²) in [6.45, 7) is 1.82. The Morgan fingerprint density at radius 1 is 1.16 bits per heavy atom. The number of rotatable bonds is 3. The lowest BCUT2D eigenvalue weighted by atomic mass is 10.3. The summed E-state index contributed by atoms with van der Waals surface area (Å²) in [4.78, 5) is 24.6. The number of hydrogen-bond acceptors (Lipinski definition) is 3. The molecule has 0 amide bonds. The van der Waals surface area contributed by atoms with Gasteiger partial charge in [-0.1, -0.05) is 23.7 Å². The quantitative estimate of drug-likeness (QED) is 0.551. The molecule has 4 aromatic rings. The Bertz CT molecular complexity index is 1100. The van der Waals surface area contributed by atoms with Crippen molar-refractivity contribution in [3.63, 3.8) is 0 Å². The van der Waals surface area contributed by atoms with Crippen LogP contribution in [0.2, 0.25) is 5.02 Å². The van der Waals surface area contributed by atoms with Gasteiger partial charge >= 0.3 is 0 Å². The van der Waals surface area contributed by atoms with Crippen LogP contribution < -0.4 is 5.56 Å². The molecule has 0 unspecified atom stereocenters. The van der Waals surface area contributed by atoms with Crippen LogP contribution in [-0.2, 0) is 0 Å². The molecule has 7 heteroatoms. The average Bonchev–Trinajstić information content (AvgIpc) is 3.16. The van der Waals surface area contributed by atoms with Crippen molar-refractivity contribution in [2.45, 2.75) is 6.92 Å². The lowest BCUT2D eigenvalue weighted by Crippen LogP contribution is -2.18. The summed E-state index contributed by atoms with van der Waals surface area (Å²) in [5.74, 6) is 0.445. The molecule has 0 spiro atoms. The first-order valence-electron chi connectivity index (χ1n) is 7.68. The molecular weight excluding hydrogens is 338 g/mol. The number of aryl methyl sites for hydroxylation is 1. The summed E-state index contributed by atoms with van der Waals surface area (Å²) in [5.41, 5.74) is 3.37. The van der Waals surface area contributed by atoms with E-state index in [1.165, 1.54) is 4.68 Å². The number of aromatic nitrogens is 4. The van der Waals surface area contributed by atoms with Crippen molar-refractivity contribution in [3.8, 4) is 5.95 Å². The van der Waals surface area contributed by atoms with Gasteiger partial charge in [-0.25, -0.2) is 4.98 Å². The summed E-state index contributed by atoms with van der Waals surface area (Å²) in [6.07, 6.45) is 1.55. The zero-order chi connectivity index (χ0) is 17.4. The molecule has 2 N–H and O–H groups in total. The van der Waals surface area contributed by atoms with Crippen molar-refractivity contribution in [1.29, 1.82) is 0 Å². The molecule has 2 heterocycles. The van der Waals surface area contributed by atoms with Gasteiger partial charge in [0.05, 0.1) is 22.3 Å². The highest BCUT2D eigenvalue weighted by molar-refractivity contribution is 6.30. The van der Waals surface area contributed by atoms with E-state index >= 15 is 0 Å². The third-order valence-corrected chi connectivity index (χ3v) is 4.13. The molecule has 124 valence electrons. The minimum absolute atomic E-state index is 0.214. The van der Waals surface area contributed by atoms with Crippen molar-refractivity contribution >= 4 is 34.5 Å². The van der Waals surface area contributed by atoms with Crippen molar-refractivity contribution in [1.82, 2.24) is 19.7 Å². The molecule has 4 rings (SSSR count). The Hall–Kier alpha value is -3.12. The van der Waals surface area contributed by atoms with Gasteiger partial charge in [-0.15, -0.1) is 0 Å². The topological polar surface area (TPSA) is 78.8 Å². The first-order valence-corrected chi connectivity index (χ1v) is 8.06. The molecule has 0 atom stereocenters. The second-order valence-corrected chi connectivity index (χ2v) is 6.04. The van der Waals surface area contributed by atoms with E-state index in [0.717, 1.165) is 16.7 Å². The number of nitrogens with one attached hydrogen (secondary N) is 2. The standard InChI is InChI=1S/C18H14ClN5O/c1-11-14(10-20-13-8-6-12(19)7-9-13)17(25)24(23-11)18-21-15-4-2-3-5-16(15)22-18/h2-10,23H,1H3,(H,21,22). The molecule has 0 bridgehead atoms. The van der Waals surface area contributed by atoms with Crippen molar-refractivity contribution in [2.75, 3.05) is 0 Å². The Morgan fingerprint density at radius 3 is 2.68 bits per heavy atom. The van der Waals surface area contributed by atoms with E-state index in [9.17, 15) is 4.79 Å². The van der Waals surface area contributed by atoms with Crippen molar-refractivity contribution in [2.24, 2.45) is 4.99 Å². The molecule has 0 aliphatic carbocycles. The highest BCUT2D eigenvalue weighted by Crippen LogP contribution is 2.16. The smallest absolute Gasteiger partial charge is 0.282 e. The van der Waals surface area contributed by atoms with E-state index in [2.05, 4.69) is 20.1 Å². The average molecular weight is 352 g/mol. The number of fused-ring (bicyclic) bond motifs is 1. The van der Waals surface area contributed by atoms with Crippen LogP contribution in [0.15, 0.2) is 58.3 Å². The Kier molecular flexibility index (Phi) is 3.74. The second-order valence-electron chi connectivity index (χ2n) is 5.60. The van der Waals surface area contributed by atoms with E-state index in [0.29, 0.717) is 22.2 Å². The van der Waals surface area contributed by atoms with E-state index in [1.807, 2.05) is 31.2 Å². The number of imidazole rings is 1. The number of aromatic amines is 2. The molecule has 0 radical (unpaired) electrons. The molecular formula is C18H14ClN5O. The van der Waals surface area contributed by atoms with Crippen LogP contribution in [0.5, 0.6) is 0 Å². The number of nitrogens with zero attached hydrogens (tertiary/aromatic N) is 3. The van der Waals surface area contributed by atoms with Crippen LogP contribution in [0.1, 0.15) is 11.3 Å². The Labute approximate surface area is 147 Å². The third-order valence-electron chi connectivity index (χ3n) is 3.88. The third kappa shape index (κ3) is 2.88. The molecule has 2 aromatic carbocycles. The predicted octanol–water partition coefficient (Wildman–Crippen LogP) is 3.75. The van der Waals surface area contributed by atoms with E-state index in [4.69, 9.17) is 11.6 Å². The number of hydrogen-bond donors (Lipinski definition) is 2. The fourth-order valence-electron chi connectivity index (χ4n) is 2.57. The lowest BCUT2D eigenvalue weighted by molar-refractivity contribution is 0.791. The van der Waals surface area contributed by atoms with Gasteiger partial charge in [0, 0.05) is 16.9 Å². The minimum Gasteiger partial charge on any atom is -0.322 e. The van der Waals surface area contributed by atoms with Gasteiger partial charge in [-0.3, -0.25) is 14.9 Å². The van der Waals surface area contributed by atoms with Gasteiger partial charge in [0.15, 0.2) is 0 Å². The number of H-pyrrole nitrogens is 2. The summed E-state index contributed by atoms with van der Waals surface area (Å²) in [5, 5.41) is 3.68. The highest BCUT2D eigenvalue weighted by Gasteiger charge is 2.13. The fraction of sp³-hybridized carbons (Fsp3) is 0.0556. The van der Waals surface area contributed by atoms with Crippen LogP contribution in [0.3, 0.4) is 0 Å². The van der Waals surface area contributed by atoms with E-state index < -0.39 is 0 Å². The zero-order valence-corrected chi connectivity index (χ0v) is 14.1. The summed E-state index contributed by atoms with van der Waals surface area (Å²) in [6, 6.07) is 14.7. The predicted molar refractivity (Wildman–Crippen MR) is 99.5 cm³/mol. The first-order chi connectivity index (χ1) is 12.1. The highest BCUT2D eigenvalue weighted by atomic mass is 35.5. The number of aliphatic imine (C=N–C) groups is 1. The van der Waals surface area contributed by atoms with Gasteiger partial charge in [0.25, 0.3) is 5.56 Å². The summed E-state index contributed by atoms with van der Waals surface area (Å²) < 4.78 is 1.39. The van der Waals surface area contributed by atoms with Crippen molar-refractivity contribution in [3.05, 3.63) is 75.2 Å². The van der Waals surface area contributed by atoms with Gasteiger partial charge in [0.1, 0.15) is 0 Å². The molecule has 25 heavy (non-hydrogen) atoms. The van der Waals surface area contributed by atoms with Gasteiger partial charge in [-0.2, -0.15) is 4.68 Å². The maximum atomic E-state index is 12.7. The first kappa shape index (κ1) is 15.4. The SMILES string of the molecule is Cc1[nH]n(-c2nc3ccccc3[nH]2)c(=O)c1C=Nc1ccc(Cl)cc1. The fourth-order valence-corrected chi connectivity index (χ4v) is 2.70. The number of benzene rings is 2. The molecule has 0 saturated heterocycles. The number of para-hydroxylation sites is 2. The van der Waals surface area contributed by atoms with E-state index in [1.54, 1.807) is 30.5 Å². The molecule has 6 nitrogen and oxygen atoms in total. The Balaban J connectivity index is 1.73. The second kappa shape index (κ2) is 6.07. The maximum absolute atomic E-state index is 12.7. The van der Waals surface area contributed by atoms with Gasteiger partial charge in [0.2, 0.25) is 5.95 Å². The largest absolute Gasteiger partial charge is 0.322 e. The van der Waals surface area contributed by atoms with Crippen LogP contribution in [-0.4, -0.2) is 26.0 Å². The monoisotopic (exact) mass is 351 g/mol. The lowest BCUT2D eigenvalue weighted by Gasteiger charge is -1.93. The van der Waals surface area contributed by atoms with Crippen LogP contribution in [0.4, 0.5) is 5.69 Å². The van der Waals surface area contributed by atoms with Crippen molar-refractivity contribution < 1.29 is 0 Å².